The molecule has 2 rings (SSSR count). The highest BCUT2D eigenvalue weighted by Crippen LogP contribution is 2.34. The van der Waals surface area contributed by atoms with Gasteiger partial charge in [-0.15, -0.1) is 0 Å². The van der Waals surface area contributed by atoms with Crippen LogP contribution in [-0.2, 0) is 13.5 Å². The van der Waals surface area contributed by atoms with Crippen LogP contribution in [0.15, 0.2) is 18.2 Å². The average molecular weight is 243 g/mol. The Morgan fingerprint density at radius 3 is 2.67 bits per heavy atom. The quantitative estimate of drug-likeness (QED) is 0.863. The average Bonchev–Trinajstić information content (AvgIpc) is 2.45. The SMILES string of the molecule is Cn1c(CCN)c(Cl)c2c(Cl)cccc21. The van der Waals surface area contributed by atoms with Gasteiger partial charge in [0.15, 0.2) is 0 Å². The van der Waals surface area contributed by atoms with Gasteiger partial charge in [-0.3, -0.25) is 0 Å². The minimum atomic E-state index is 0.585. The Kier molecular flexibility index (Phi) is 2.91. The van der Waals surface area contributed by atoms with Crippen LogP contribution < -0.4 is 5.73 Å². The summed E-state index contributed by atoms with van der Waals surface area (Å²) in [4.78, 5) is 0. The third-order valence-corrected chi connectivity index (χ3v) is 3.33. The maximum atomic E-state index is 6.29. The third kappa shape index (κ3) is 1.63. The fraction of sp³-hybridized carbons (Fsp3) is 0.273. The molecule has 2 N–H and O–H groups in total. The molecule has 0 saturated carbocycles. The van der Waals surface area contributed by atoms with Gasteiger partial charge in [-0.25, -0.2) is 0 Å². The first-order chi connectivity index (χ1) is 7.16. The van der Waals surface area contributed by atoms with E-state index in [-0.39, 0.29) is 0 Å². The highest BCUT2D eigenvalue weighted by molar-refractivity contribution is 6.42. The number of aromatic nitrogens is 1. The molecule has 1 aromatic carbocycles. The van der Waals surface area contributed by atoms with Crippen LogP contribution in [0, 0.1) is 0 Å². The zero-order valence-electron chi connectivity index (χ0n) is 8.43. The number of benzene rings is 1. The lowest BCUT2D eigenvalue weighted by molar-refractivity contribution is 0.827. The predicted molar refractivity (Wildman–Crippen MR) is 65.7 cm³/mol. The summed E-state index contributed by atoms with van der Waals surface area (Å²) < 4.78 is 2.05. The van der Waals surface area contributed by atoms with E-state index in [1.54, 1.807) is 0 Å². The first-order valence-corrected chi connectivity index (χ1v) is 5.53. The van der Waals surface area contributed by atoms with E-state index in [0.29, 0.717) is 11.6 Å². The highest BCUT2D eigenvalue weighted by Gasteiger charge is 2.14. The Bertz CT molecular complexity index is 503. The fourth-order valence-electron chi connectivity index (χ4n) is 1.86. The van der Waals surface area contributed by atoms with Gasteiger partial charge in [0.05, 0.1) is 15.6 Å². The second-order valence-electron chi connectivity index (χ2n) is 3.49. The molecule has 15 heavy (non-hydrogen) atoms. The molecule has 0 unspecified atom stereocenters. The molecule has 0 atom stereocenters. The molecule has 0 bridgehead atoms. The number of nitrogens with two attached hydrogens (primary N) is 1. The molecule has 0 spiro atoms. The number of fused-ring (bicyclic) bond motifs is 1. The van der Waals surface area contributed by atoms with Crippen molar-refractivity contribution in [2.75, 3.05) is 6.54 Å². The van der Waals surface area contributed by atoms with Crippen molar-refractivity contribution in [3.63, 3.8) is 0 Å². The van der Waals surface area contributed by atoms with Crippen molar-refractivity contribution in [3.05, 3.63) is 33.9 Å². The van der Waals surface area contributed by atoms with Crippen molar-refractivity contribution < 1.29 is 0 Å². The van der Waals surface area contributed by atoms with Gasteiger partial charge in [0.1, 0.15) is 0 Å². The monoisotopic (exact) mass is 242 g/mol. The smallest absolute Gasteiger partial charge is 0.0709 e. The van der Waals surface area contributed by atoms with Crippen LogP contribution >= 0.6 is 23.2 Å². The molecule has 0 aliphatic heterocycles. The molecule has 4 heteroatoms. The van der Waals surface area contributed by atoms with Gasteiger partial charge in [-0.1, -0.05) is 29.3 Å². The van der Waals surface area contributed by atoms with Crippen molar-refractivity contribution in [2.24, 2.45) is 12.8 Å². The molecule has 0 aliphatic carbocycles. The highest BCUT2D eigenvalue weighted by atomic mass is 35.5. The summed E-state index contributed by atoms with van der Waals surface area (Å²) in [6.07, 6.45) is 0.764. The van der Waals surface area contributed by atoms with Crippen molar-refractivity contribution in [3.8, 4) is 0 Å². The van der Waals surface area contributed by atoms with Crippen LogP contribution in [0.25, 0.3) is 10.9 Å². The predicted octanol–water partition coefficient (Wildman–Crippen LogP) is 2.99. The zero-order chi connectivity index (χ0) is 11.0. The van der Waals surface area contributed by atoms with Crippen molar-refractivity contribution in [1.82, 2.24) is 4.57 Å². The zero-order valence-corrected chi connectivity index (χ0v) is 9.94. The van der Waals surface area contributed by atoms with Gasteiger partial charge < -0.3 is 10.3 Å². The molecule has 2 nitrogen and oxygen atoms in total. The molecule has 0 radical (unpaired) electrons. The van der Waals surface area contributed by atoms with E-state index < -0.39 is 0 Å². The van der Waals surface area contributed by atoms with E-state index >= 15 is 0 Å². The summed E-state index contributed by atoms with van der Waals surface area (Å²) in [5.74, 6) is 0. The lowest BCUT2D eigenvalue weighted by atomic mass is 10.2. The number of halogens is 2. The molecular weight excluding hydrogens is 231 g/mol. The summed E-state index contributed by atoms with van der Waals surface area (Å²) in [7, 11) is 1.98. The molecule has 0 saturated heterocycles. The van der Waals surface area contributed by atoms with Gasteiger partial charge in [-0.2, -0.15) is 0 Å². The van der Waals surface area contributed by atoms with Gasteiger partial charge in [0, 0.05) is 24.5 Å². The number of rotatable bonds is 2. The largest absolute Gasteiger partial charge is 0.346 e. The number of nitrogens with zero attached hydrogens (tertiary/aromatic N) is 1. The molecule has 0 aliphatic rings. The van der Waals surface area contributed by atoms with Crippen molar-refractivity contribution in [2.45, 2.75) is 6.42 Å². The van der Waals surface area contributed by atoms with Crippen molar-refractivity contribution in [1.29, 1.82) is 0 Å². The molecule has 0 amide bonds. The van der Waals surface area contributed by atoms with E-state index in [1.807, 2.05) is 25.2 Å². The van der Waals surface area contributed by atoms with E-state index in [1.165, 1.54) is 0 Å². The summed E-state index contributed by atoms with van der Waals surface area (Å²) in [6, 6.07) is 5.78. The van der Waals surface area contributed by atoms with Crippen LogP contribution in [-0.4, -0.2) is 11.1 Å². The van der Waals surface area contributed by atoms with Crippen LogP contribution in [0.2, 0.25) is 10.0 Å². The van der Waals surface area contributed by atoms with Crippen LogP contribution in [0.4, 0.5) is 0 Å². The second kappa shape index (κ2) is 4.05. The molecule has 80 valence electrons. The summed E-state index contributed by atoms with van der Waals surface area (Å²) in [5.41, 5.74) is 7.65. The first kappa shape index (κ1) is 10.8. The van der Waals surface area contributed by atoms with E-state index in [2.05, 4.69) is 4.57 Å². The Labute approximate surface area is 98.6 Å². The molecule has 1 aromatic heterocycles. The second-order valence-corrected chi connectivity index (χ2v) is 4.28. The topological polar surface area (TPSA) is 30.9 Å². The van der Waals surface area contributed by atoms with Crippen LogP contribution in [0.5, 0.6) is 0 Å². The first-order valence-electron chi connectivity index (χ1n) is 4.78. The van der Waals surface area contributed by atoms with Gasteiger partial charge in [0.2, 0.25) is 0 Å². The Morgan fingerprint density at radius 2 is 2.07 bits per heavy atom. The molecule has 0 fully saturated rings. The Morgan fingerprint density at radius 1 is 1.33 bits per heavy atom. The summed E-state index contributed by atoms with van der Waals surface area (Å²) >= 11 is 12.4. The minimum Gasteiger partial charge on any atom is -0.346 e. The number of hydrogen-bond acceptors (Lipinski definition) is 1. The van der Waals surface area contributed by atoms with Crippen LogP contribution in [0.1, 0.15) is 5.69 Å². The van der Waals surface area contributed by atoms with Gasteiger partial charge >= 0.3 is 0 Å². The number of aryl methyl sites for hydroxylation is 1. The van der Waals surface area contributed by atoms with Crippen LogP contribution in [0.3, 0.4) is 0 Å². The summed E-state index contributed by atoms with van der Waals surface area (Å²) in [5, 5.41) is 2.34. The Hall–Kier alpha value is -0.700. The maximum Gasteiger partial charge on any atom is 0.0709 e. The van der Waals surface area contributed by atoms with E-state index in [9.17, 15) is 0 Å². The standard InChI is InChI=1S/C11H12Cl2N2/c1-15-8-4-2-3-7(12)10(8)11(13)9(15)5-6-14/h2-4H,5-6,14H2,1H3. The van der Waals surface area contributed by atoms with E-state index in [0.717, 1.165) is 28.0 Å². The lowest BCUT2D eigenvalue weighted by Crippen LogP contribution is -2.06. The number of hydrogen-bond donors (Lipinski definition) is 1. The molecule has 2 aromatic rings. The van der Waals surface area contributed by atoms with Crippen molar-refractivity contribution >= 4 is 34.1 Å². The maximum absolute atomic E-state index is 6.29. The lowest BCUT2D eigenvalue weighted by Gasteiger charge is -2.02. The van der Waals surface area contributed by atoms with Gasteiger partial charge in [-0.05, 0) is 18.7 Å². The van der Waals surface area contributed by atoms with Gasteiger partial charge in [0.25, 0.3) is 0 Å². The fourth-order valence-corrected chi connectivity index (χ4v) is 2.59. The normalized spacial score (nSPS) is 11.2. The third-order valence-electron chi connectivity index (χ3n) is 2.61. The summed E-state index contributed by atoms with van der Waals surface area (Å²) in [6.45, 7) is 0.585. The van der Waals surface area contributed by atoms with E-state index in [4.69, 9.17) is 28.9 Å². The Balaban J connectivity index is 2.79. The molecule has 1 heterocycles. The minimum absolute atomic E-state index is 0.585. The molecular formula is C11H12Cl2N2.